The molecule has 0 amide bonds. The molecule has 224 valence electrons. The molecule has 0 spiro atoms. The first-order chi connectivity index (χ1) is 20.2. The van der Waals surface area contributed by atoms with Gasteiger partial charge in [0.05, 0.1) is 24.6 Å². The van der Waals surface area contributed by atoms with Gasteiger partial charge in [-0.2, -0.15) is 0 Å². The Morgan fingerprint density at radius 1 is 1.17 bits per heavy atom. The molecule has 0 saturated heterocycles. The second-order valence-corrected chi connectivity index (χ2v) is 11.7. The van der Waals surface area contributed by atoms with Crippen LogP contribution in [0.4, 0.5) is 0 Å². The molecule has 1 unspecified atom stereocenters. The van der Waals surface area contributed by atoms with E-state index in [0.717, 1.165) is 56.9 Å². The predicted molar refractivity (Wildman–Crippen MR) is 173 cm³/mol. The van der Waals surface area contributed by atoms with Crippen LogP contribution in [0, 0.1) is 5.41 Å². The van der Waals surface area contributed by atoms with E-state index >= 15 is 0 Å². The summed E-state index contributed by atoms with van der Waals surface area (Å²) in [7, 11) is 1.74. The Bertz CT molecular complexity index is 1580. The van der Waals surface area contributed by atoms with Crippen LogP contribution in [-0.4, -0.2) is 51.0 Å². The summed E-state index contributed by atoms with van der Waals surface area (Å²) >= 11 is 0. The lowest BCUT2D eigenvalue weighted by Crippen LogP contribution is -2.34. The maximum atomic E-state index is 10.9. The van der Waals surface area contributed by atoms with E-state index in [2.05, 4.69) is 49.1 Å². The van der Waals surface area contributed by atoms with E-state index < -0.39 is 11.5 Å². The summed E-state index contributed by atoms with van der Waals surface area (Å²) in [5.74, 6) is 0.718. The van der Waals surface area contributed by atoms with Gasteiger partial charge in [0.25, 0.3) is 0 Å². The average molecular weight is 571 g/mol. The molecule has 1 fully saturated rings. The summed E-state index contributed by atoms with van der Waals surface area (Å²) in [5.41, 5.74) is 12.9. The van der Waals surface area contributed by atoms with Crippen LogP contribution >= 0.6 is 0 Å². The van der Waals surface area contributed by atoms with Gasteiger partial charge >= 0.3 is 0 Å². The Balaban J connectivity index is 0.00000198. The largest absolute Gasteiger partial charge is 0.490 e. The number of aliphatic hydroxyl groups excluding tert-OH is 1. The first-order valence-corrected chi connectivity index (χ1v) is 15.0. The van der Waals surface area contributed by atoms with Crippen molar-refractivity contribution in [3.05, 3.63) is 72.0 Å². The van der Waals surface area contributed by atoms with Crippen LogP contribution in [0.15, 0.2) is 71.3 Å². The van der Waals surface area contributed by atoms with Gasteiger partial charge in [-0.25, -0.2) is 4.98 Å². The molecule has 4 N–H and O–H groups in total. The molecule has 1 aromatic carbocycles. The van der Waals surface area contributed by atoms with E-state index in [0.29, 0.717) is 24.8 Å². The van der Waals surface area contributed by atoms with E-state index in [4.69, 9.17) is 10.5 Å². The molecule has 1 atom stereocenters. The summed E-state index contributed by atoms with van der Waals surface area (Å²) in [6.45, 7) is 13.0. The highest BCUT2D eigenvalue weighted by Gasteiger charge is 2.27. The Morgan fingerprint density at radius 3 is 2.62 bits per heavy atom. The van der Waals surface area contributed by atoms with Gasteiger partial charge in [0, 0.05) is 66.4 Å². The number of rotatable bonds is 10. The molecule has 0 radical (unpaired) electrons. The second kappa shape index (κ2) is 13.5. The minimum Gasteiger partial charge on any atom is -0.490 e. The first kappa shape index (κ1) is 31.2. The first-order valence-electron chi connectivity index (χ1n) is 15.0. The highest BCUT2D eigenvalue weighted by Crippen LogP contribution is 2.37. The molecule has 1 aliphatic rings. The second-order valence-electron chi connectivity index (χ2n) is 11.7. The van der Waals surface area contributed by atoms with Crippen molar-refractivity contribution in [1.29, 1.82) is 0 Å². The highest BCUT2D eigenvalue weighted by molar-refractivity contribution is 5.99. The SMILES string of the molecule is CC.CN=C(C)/C(CCOc1c(-c2ccc3ncc(CNC4CC4)n3c2)ccc2cccnc12)=C(\N)C(O)C(C)(C)C. The van der Waals surface area contributed by atoms with Crippen LogP contribution < -0.4 is 15.8 Å². The van der Waals surface area contributed by atoms with E-state index in [1.54, 1.807) is 13.2 Å². The van der Waals surface area contributed by atoms with Crippen molar-refractivity contribution < 1.29 is 9.84 Å². The number of aliphatic imine (C=N–C) groups is 1. The molecule has 3 aromatic heterocycles. The third kappa shape index (κ3) is 6.99. The topological polar surface area (TPSA) is 110 Å². The summed E-state index contributed by atoms with van der Waals surface area (Å²) in [5, 5.41) is 15.5. The average Bonchev–Trinajstić information content (AvgIpc) is 3.75. The van der Waals surface area contributed by atoms with Gasteiger partial charge in [-0.15, -0.1) is 0 Å². The zero-order valence-corrected chi connectivity index (χ0v) is 26.1. The standard InChI is InChI=1S/C32H40N6O2.C2H6/c1-20(34-5)25(28(33)31(39)32(2,3)4)14-16-40-30-26(12-8-21-7-6-15-35-29(21)30)22-9-13-27-37-18-24(38(27)19-22)17-36-23-10-11-23;1-2/h6-9,12-13,15,18-19,23,31,36,39H,10-11,14,16-17,33H2,1-5H3;1-2H3/b28-25-,34-20?;. The number of nitrogens with zero attached hydrogens (tertiary/aromatic N) is 4. The van der Waals surface area contributed by atoms with Gasteiger partial charge < -0.3 is 25.3 Å². The number of aromatic nitrogens is 3. The predicted octanol–water partition coefficient (Wildman–Crippen LogP) is 6.31. The maximum Gasteiger partial charge on any atom is 0.153 e. The third-order valence-corrected chi connectivity index (χ3v) is 7.60. The number of imidazole rings is 1. The summed E-state index contributed by atoms with van der Waals surface area (Å²) in [6, 6.07) is 12.9. The van der Waals surface area contributed by atoms with Gasteiger partial charge in [0.15, 0.2) is 5.75 Å². The van der Waals surface area contributed by atoms with Crippen molar-refractivity contribution in [3.8, 4) is 16.9 Å². The summed E-state index contributed by atoms with van der Waals surface area (Å²) in [6.07, 6.45) is 8.05. The number of fused-ring (bicyclic) bond motifs is 2. The lowest BCUT2D eigenvalue weighted by Gasteiger charge is -2.28. The molecule has 5 rings (SSSR count). The number of pyridine rings is 2. The van der Waals surface area contributed by atoms with Gasteiger partial charge in [0.1, 0.15) is 11.2 Å². The molecule has 0 bridgehead atoms. The fourth-order valence-corrected chi connectivity index (χ4v) is 4.91. The van der Waals surface area contributed by atoms with Crippen molar-refractivity contribution in [2.45, 2.75) is 79.5 Å². The molecule has 4 aromatic rings. The number of hydrogen-bond acceptors (Lipinski definition) is 7. The molecule has 8 heteroatoms. The van der Waals surface area contributed by atoms with Crippen molar-refractivity contribution >= 4 is 22.3 Å². The number of nitrogens with two attached hydrogens (primary N) is 1. The van der Waals surface area contributed by atoms with Crippen LogP contribution in [0.3, 0.4) is 0 Å². The Hall–Kier alpha value is -3.75. The molecule has 42 heavy (non-hydrogen) atoms. The van der Waals surface area contributed by atoms with E-state index in [9.17, 15) is 5.11 Å². The van der Waals surface area contributed by atoms with Gasteiger partial charge in [-0.3, -0.25) is 9.98 Å². The minimum absolute atomic E-state index is 0.353. The smallest absolute Gasteiger partial charge is 0.153 e. The van der Waals surface area contributed by atoms with Crippen molar-refractivity contribution in [2.24, 2.45) is 16.1 Å². The van der Waals surface area contributed by atoms with Crippen LogP contribution in [0.5, 0.6) is 5.75 Å². The number of nitrogens with one attached hydrogen (secondary N) is 1. The zero-order chi connectivity index (χ0) is 30.4. The van der Waals surface area contributed by atoms with Crippen LogP contribution in [0.25, 0.3) is 27.7 Å². The zero-order valence-electron chi connectivity index (χ0n) is 26.1. The molecule has 1 aliphatic carbocycles. The van der Waals surface area contributed by atoms with E-state index in [-0.39, 0.29) is 0 Å². The molecule has 8 nitrogen and oxygen atoms in total. The monoisotopic (exact) mass is 570 g/mol. The maximum absolute atomic E-state index is 10.9. The number of benzene rings is 1. The lowest BCUT2D eigenvalue weighted by molar-refractivity contribution is 0.0926. The van der Waals surface area contributed by atoms with Gasteiger partial charge in [-0.1, -0.05) is 46.8 Å². The Labute approximate surface area is 249 Å². The van der Waals surface area contributed by atoms with Crippen LogP contribution in [0.1, 0.15) is 66.5 Å². The van der Waals surface area contributed by atoms with Gasteiger partial charge in [-0.05, 0) is 55.0 Å². The Kier molecular flexibility index (Phi) is 10.0. The lowest BCUT2D eigenvalue weighted by atomic mass is 9.85. The molecule has 0 aliphatic heterocycles. The van der Waals surface area contributed by atoms with Crippen LogP contribution in [-0.2, 0) is 6.54 Å². The van der Waals surface area contributed by atoms with Crippen molar-refractivity contribution in [3.63, 3.8) is 0 Å². The van der Waals surface area contributed by atoms with E-state index in [1.807, 2.05) is 65.9 Å². The molecular formula is C34H46N6O2. The number of hydrogen-bond donors (Lipinski definition) is 3. The van der Waals surface area contributed by atoms with E-state index in [1.165, 1.54) is 12.8 Å². The number of aliphatic hydroxyl groups is 1. The fourth-order valence-electron chi connectivity index (χ4n) is 4.91. The number of ether oxygens (including phenoxy) is 1. The molecule has 1 saturated carbocycles. The van der Waals surface area contributed by atoms with Crippen molar-refractivity contribution in [1.82, 2.24) is 19.7 Å². The Morgan fingerprint density at radius 2 is 1.93 bits per heavy atom. The summed E-state index contributed by atoms with van der Waals surface area (Å²) < 4.78 is 8.68. The van der Waals surface area contributed by atoms with Crippen LogP contribution in [0.2, 0.25) is 0 Å². The molecular weight excluding hydrogens is 524 g/mol. The third-order valence-electron chi connectivity index (χ3n) is 7.60. The molecule has 3 heterocycles. The summed E-state index contributed by atoms with van der Waals surface area (Å²) in [4.78, 5) is 13.6. The quantitative estimate of drug-likeness (QED) is 0.193. The highest BCUT2D eigenvalue weighted by atomic mass is 16.5. The minimum atomic E-state index is -0.792. The van der Waals surface area contributed by atoms with Gasteiger partial charge in [0.2, 0.25) is 0 Å². The normalized spacial score (nSPS) is 15.3. The van der Waals surface area contributed by atoms with Crippen molar-refractivity contribution in [2.75, 3.05) is 13.7 Å². The fraction of sp³-hybridized carbons (Fsp3) is 0.441.